The number of nitrogens with zero attached hydrogens (tertiary/aromatic N) is 2. The minimum Gasteiger partial charge on any atom is -0.354 e. The summed E-state index contributed by atoms with van der Waals surface area (Å²) in [5, 5.41) is 6.10. The van der Waals surface area contributed by atoms with E-state index in [0.29, 0.717) is 13.0 Å². The van der Waals surface area contributed by atoms with Crippen molar-refractivity contribution in [3.8, 4) is 0 Å². The highest BCUT2D eigenvalue weighted by Gasteiger charge is 2.36. The van der Waals surface area contributed by atoms with Crippen LogP contribution in [0.15, 0.2) is 35.7 Å². The molecule has 0 aliphatic carbocycles. The van der Waals surface area contributed by atoms with Gasteiger partial charge in [-0.05, 0) is 38.8 Å². The fourth-order valence-electron chi connectivity index (χ4n) is 3.36. The molecule has 1 N–H and O–H groups in total. The maximum absolute atomic E-state index is 12.2. The lowest BCUT2D eigenvalue weighted by Gasteiger charge is -2.35. The Balaban J connectivity index is 1.55. The molecule has 1 fully saturated rings. The van der Waals surface area contributed by atoms with Crippen LogP contribution in [-0.4, -0.2) is 34.4 Å². The minimum atomic E-state index is 0.0312. The van der Waals surface area contributed by atoms with Crippen molar-refractivity contribution in [1.82, 2.24) is 15.2 Å². The van der Waals surface area contributed by atoms with Crippen LogP contribution in [0.25, 0.3) is 0 Å². The third-order valence-corrected chi connectivity index (χ3v) is 5.62. The molecule has 1 amide bonds. The first-order valence-corrected chi connectivity index (χ1v) is 9.40. The first-order chi connectivity index (χ1) is 11.5. The number of thiazole rings is 1. The third-order valence-electron chi connectivity index (χ3n) is 4.80. The van der Waals surface area contributed by atoms with E-state index >= 15 is 0 Å². The molecular weight excluding hydrogens is 318 g/mol. The standard InChI is InChI=1S/C19H25N3OS/c1-15-21-17(13-24-15)11-18(23)20-14-19(2)9-6-10-22(19)12-16-7-4-3-5-8-16/h3-5,7-8,13H,6,9-12,14H2,1-2H3,(H,20,23)/t19-/m0/s1. The Morgan fingerprint density at radius 1 is 1.38 bits per heavy atom. The van der Waals surface area contributed by atoms with E-state index in [1.165, 1.54) is 12.0 Å². The summed E-state index contributed by atoms with van der Waals surface area (Å²) in [6, 6.07) is 10.6. The van der Waals surface area contributed by atoms with Crippen LogP contribution < -0.4 is 5.32 Å². The fourth-order valence-corrected chi connectivity index (χ4v) is 3.97. The van der Waals surface area contributed by atoms with Gasteiger partial charge in [0.05, 0.1) is 17.1 Å². The van der Waals surface area contributed by atoms with Crippen LogP contribution in [0, 0.1) is 6.92 Å². The summed E-state index contributed by atoms with van der Waals surface area (Å²) in [5.74, 6) is 0.0630. The Bertz CT molecular complexity index is 685. The van der Waals surface area contributed by atoms with E-state index in [4.69, 9.17) is 0 Å². The summed E-state index contributed by atoms with van der Waals surface area (Å²) in [7, 11) is 0. The number of aryl methyl sites for hydroxylation is 1. The summed E-state index contributed by atoms with van der Waals surface area (Å²) >= 11 is 1.59. The van der Waals surface area contributed by atoms with Crippen molar-refractivity contribution in [2.24, 2.45) is 0 Å². The molecule has 0 radical (unpaired) electrons. The normalized spacial score (nSPS) is 21.1. The van der Waals surface area contributed by atoms with Gasteiger partial charge in [0.25, 0.3) is 0 Å². The number of likely N-dealkylation sites (tertiary alicyclic amines) is 1. The highest BCUT2D eigenvalue weighted by Crippen LogP contribution is 2.30. The molecule has 1 aromatic heterocycles. The molecule has 0 unspecified atom stereocenters. The highest BCUT2D eigenvalue weighted by molar-refractivity contribution is 7.09. The molecule has 24 heavy (non-hydrogen) atoms. The van der Waals surface area contributed by atoms with Crippen LogP contribution in [0.2, 0.25) is 0 Å². The van der Waals surface area contributed by atoms with Crippen molar-refractivity contribution in [3.63, 3.8) is 0 Å². The van der Waals surface area contributed by atoms with Gasteiger partial charge in [-0.25, -0.2) is 4.98 Å². The molecule has 1 saturated heterocycles. The number of hydrogen-bond donors (Lipinski definition) is 1. The number of carbonyl (C=O) groups excluding carboxylic acids is 1. The number of benzene rings is 1. The van der Waals surface area contributed by atoms with Crippen molar-refractivity contribution < 1.29 is 4.79 Å². The highest BCUT2D eigenvalue weighted by atomic mass is 32.1. The predicted molar refractivity (Wildman–Crippen MR) is 98.1 cm³/mol. The zero-order valence-corrected chi connectivity index (χ0v) is 15.2. The van der Waals surface area contributed by atoms with Gasteiger partial charge >= 0.3 is 0 Å². The van der Waals surface area contributed by atoms with Gasteiger partial charge in [-0.1, -0.05) is 30.3 Å². The van der Waals surface area contributed by atoms with Gasteiger partial charge in [0, 0.05) is 24.0 Å². The van der Waals surface area contributed by atoms with E-state index in [9.17, 15) is 4.79 Å². The first-order valence-electron chi connectivity index (χ1n) is 8.52. The molecule has 2 aromatic rings. The molecule has 1 aliphatic heterocycles. The van der Waals surface area contributed by atoms with E-state index in [0.717, 1.165) is 30.2 Å². The molecule has 128 valence electrons. The molecule has 5 heteroatoms. The van der Waals surface area contributed by atoms with Crippen molar-refractivity contribution in [1.29, 1.82) is 0 Å². The Labute approximate surface area is 147 Å². The molecule has 0 spiro atoms. The molecule has 4 nitrogen and oxygen atoms in total. The fraction of sp³-hybridized carbons (Fsp3) is 0.474. The summed E-state index contributed by atoms with van der Waals surface area (Å²) < 4.78 is 0. The zero-order chi connectivity index (χ0) is 17.0. The summed E-state index contributed by atoms with van der Waals surface area (Å²) in [5.41, 5.74) is 2.23. The lowest BCUT2D eigenvalue weighted by molar-refractivity contribution is -0.121. The molecule has 1 atom stereocenters. The number of nitrogens with one attached hydrogen (secondary N) is 1. The maximum Gasteiger partial charge on any atom is 0.226 e. The molecule has 1 aromatic carbocycles. The average Bonchev–Trinajstić information content (AvgIpc) is 3.13. The summed E-state index contributed by atoms with van der Waals surface area (Å²) in [6.07, 6.45) is 2.68. The number of aromatic nitrogens is 1. The smallest absolute Gasteiger partial charge is 0.226 e. The van der Waals surface area contributed by atoms with E-state index in [1.807, 2.05) is 18.4 Å². The zero-order valence-electron chi connectivity index (χ0n) is 14.4. The third kappa shape index (κ3) is 4.22. The second-order valence-corrected chi connectivity index (χ2v) is 7.88. The molecule has 1 aliphatic rings. The lowest BCUT2D eigenvalue weighted by atomic mass is 9.98. The predicted octanol–water partition coefficient (Wildman–Crippen LogP) is 3.16. The SMILES string of the molecule is Cc1nc(CC(=O)NC[C@]2(C)CCCN2Cc2ccccc2)cs1. The molecule has 2 heterocycles. The number of amides is 1. The maximum atomic E-state index is 12.2. The topological polar surface area (TPSA) is 45.2 Å². The van der Waals surface area contributed by atoms with Gasteiger partial charge in [-0.2, -0.15) is 0 Å². The van der Waals surface area contributed by atoms with Crippen molar-refractivity contribution in [2.45, 2.75) is 45.2 Å². The molecule has 0 bridgehead atoms. The van der Waals surface area contributed by atoms with Crippen molar-refractivity contribution in [2.75, 3.05) is 13.1 Å². The lowest BCUT2D eigenvalue weighted by Crippen LogP contribution is -2.49. The van der Waals surface area contributed by atoms with Gasteiger partial charge < -0.3 is 5.32 Å². The van der Waals surface area contributed by atoms with Crippen molar-refractivity contribution >= 4 is 17.2 Å². The molecular formula is C19H25N3OS. The van der Waals surface area contributed by atoms with Gasteiger partial charge in [-0.3, -0.25) is 9.69 Å². The monoisotopic (exact) mass is 343 g/mol. The van der Waals surface area contributed by atoms with E-state index in [2.05, 4.69) is 46.4 Å². The van der Waals surface area contributed by atoms with Gasteiger partial charge in [0.15, 0.2) is 0 Å². The second kappa shape index (κ2) is 7.45. The van der Waals surface area contributed by atoms with Crippen LogP contribution in [0.5, 0.6) is 0 Å². The van der Waals surface area contributed by atoms with Gasteiger partial charge in [-0.15, -0.1) is 11.3 Å². The Morgan fingerprint density at radius 3 is 2.88 bits per heavy atom. The van der Waals surface area contributed by atoms with Crippen LogP contribution >= 0.6 is 11.3 Å². The molecule has 3 rings (SSSR count). The van der Waals surface area contributed by atoms with E-state index in [1.54, 1.807) is 11.3 Å². The van der Waals surface area contributed by atoms with Crippen molar-refractivity contribution in [3.05, 3.63) is 52.0 Å². The van der Waals surface area contributed by atoms with Crippen LogP contribution in [0.3, 0.4) is 0 Å². The summed E-state index contributed by atoms with van der Waals surface area (Å²) in [6.45, 7) is 6.95. The Kier molecular flexibility index (Phi) is 5.31. The Morgan fingerprint density at radius 2 is 2.17 bits per heavy atom. The number of carbonyl (C=O) groups is 1. The van der Waals surface area contributed by atoms with E-state index < -0.39 is 0 Å². The number of rotatable bonds is 6. The van der Waals surface area contributed by atoms with E-state index in [-0.39, 0.29) is 11.4 Å². The van der Waals surface area contributed by atoms with Gasteiger partial charge in [0.2, 0.25) is 5.91 Å². The Hall–Kier alpha value is -1.72. The summed E-state index contributed by atoms with van der Waals surface area (Å²) in [4.78, 5) is 19.1. The van der Waals surface area contributed by atoms with Crippen LogP contribution in [0.4, 0.5) is 0 Å². The largest absolute Gasteiger partial charge is 0.354 e. The van der Waals surface area contributed by atoms with Gasteiger partial charge in [0.1, 0.15) is 0 Å². The quantitative estimate of drug-likeness (QED) is 0.876. The molecule has 0 saturated carbocycles. The number of hydrogen-bond acceptors (Lipinski definition) is 4. The first kappa shape index (κ1) is 17.1. The van der Waals surface area contributed by atoms with Crippen LogP contribution in [0.1, 0.15) is 36.0 Å². The van der Waals surface area contributed by atoms with Crippen LogP contribution in [-0.2, 0) is 17.8 Å². The minimum absolute atomic E-state index is 0.0312. The second-order valence-electron chi connectivity index (χ2n) is 6.82. The average molecular weight is 343 g/mol.